The van der Waals surface area contributed by atoms with Gasteiger partial charge in [-0.3, -0.25) is 0 Å². The quantitative estimate of drug-likeness (QED) is 0.541. The molecule has 0 saturated heterocycles. The van der Waals surface area contributed by atoms with Crippen LogP contribution in [0.2, 0.25) is 5.02 Å². The fraction of sp³-hybridized carbons (Fsp3) is 0.261. The number of ether oxygens (including phenoxy) is 1. The maximum absolute atomic E-state index is 9.68. The largest absolute Gasteiger partial charge is 0.489 e. The molecule has 0 unspecified atom stereocenters. The highest BCUT2D eigenvalue weighted by Gasteiger charge is 2.17. The molecule has 2 heterocycles. The Morgan fingerprint density at radius 2 is 1.86 bits per heavy atom. The van der Waals surface area contributed by atoms with Crippen molar-refractivity contribution in [1.29, 1.82) is 5.26 Å². The van der Waals surface area contributed by atoms with Crippen LogP contribution >= 0.6 is 11.6 Å². The van der Waals surface area contributed by atoms with Crippen molar-refractivity contribution in [1.82, 2.24) is 14.8 Å². The van der Waals surface area contributed by atoms with E-state index in [1.54, 1.807) is 0 Å². The highest BCUT2D eigenvalue weighted by Crippen LogP contribution is 2.22. The topological polar surface area (TPSA) is 63.7 Å². The fourth-order valence-electron chi connectivity index (χ4n) is 3.41. The summed E-state index contributed by atoms with van der Waals surface area (Å²) < 4.78 is 7.91. The number of halogens is 1. The van der Waals surface area contributed by atoms with Gasteiger partial charge in [-0.25, -0.2) is 0 Å². The molecule has 0 amide bonds. The van der Waals surface area contributed by atoms with Gasteiger partial charge in [0.2, 0.25) is 0 Å². The van der Waals surface area contributed by atoms with Crippen molar-refractivity contribution in [3.8, 4) is 11.8 Å². The van der Waals surface area contributed by atoms with Crippen LogP contribution in [0.1, 0.15) is 42.0 Å². The lowest BCUT2D eigenvalue weighted by Gasteiger charge is -2.07. The third kappa shape index (κ3) is 4.67. The van der Waals surface area contributed by atoms with Crippen molar-refractivity contribution in [2.75, 3.05) is 0 Å². The number of rotatable bonds is 5. The summed E-state index contributed by atoms with van der Waals surface area (Å²) in [5.41, 5.74) is 2.50. The lowest BCUT2D eigenvalue weighted by Crippen LogP contribution is -2.05. The molecule has 0 saturated carbocycles. The Morgan fingerprint density at radius 1 is 1.07 bits per heavy atom. The van der Waals surface area contributed by atoms with E-state index < -0.39 is 0 Å². The average molecular weight is 405 g/mol. The van der Waals surface area contributed by atoms with E-state index in [9.17, 15) is 5.26 Å². The van der Waals surface area contributed by atoms with Crippen LogP contribution < -0.4 is 4.74 Å². The van der Waals surface area contributed by atoms with E-state index in [0.29, 0.717) is 23.0 Å². The first-order valence-electron chi connectivity index (χ1n) is 9.74. The van der Waals surface area contributed by atoms with E-state index in [2.05, 4.69) is 20.8 Å². The monoisotopic (exact) mass is 404 g/mol. The highest BCUT2D eigenvalue weighted by molar-refractivity contribution is 6.30. The first-order valence-corrected chi connectivity index (χ1v) is 10.1. The van der Waals surface area contributed by atoms with Crippen molar-refractivity contribution >= 4 is 23.3 Å². The van der Waals surface area contributed by atoms with E-state index in [1.165, 1.54) is 6.42 Å². The molecular formula is C23H21ClN4O. The lowest BCUT2D eigenvalue weighted by molar-refractivity contribution is 0.306. The zero-order chi connectivity index (χ0) is 20.1. The van der Waals surface area contributed by atoms with Gasteiger partial charge >= 0.3 is 0 Å². The van der Waals surface area contributed by atoms with Crippen LogP contribution in [-0.2, 0) is 19.6 Å². The number of hydrogen-bond donors (Lipinski definition) is 0. The standard InChI is InChI=1S/C23H21ClN4O/c24-20-9-5-18(6-10-20)16-29-21-11-7-17(8-12-21)14-19(15-25)23-27-26-22-4-2-1-3-13-28(22)23/h5-12,14H,1-4,13,16H2/b19-14+. The predicted octanol–water partition coefficient (Wildman–Crippen LogP) is 5.30. The van der Waals surface area contributed by atoms with E-state index in [1.807, 2.05) is 54.6 Å². The van der Waals surface area contributed by atoms with Gasteiger partial charge < -0.3 is 9.30 Å². The summed E-state index contributed by atoms with van der Waals surface area (Å²) in [4.78, 5) is 0. The average Bonchev–Trinajstić information content (AvgIpc) is 3.00. The van der Waals surface area contributed by atoms with E-state index in [4.69, 9.17) is 16.3 Å². The van der Waals surface area contributed by atoms with Crippen LogP contribution in [0.5, 0.6) is 5.75 Å². The Bertz CT molecular complexity index is 1050. The van der Waals surface area contributed by atoms with Gasteiger partial charge in [0.15, 0.2) is 5.82 Å². The molecule has 146 valence electrons. The minimum atomic E-state index is 0.474. The summed E-state index contributed by atoms with van der Waals surface area (Å²) in [6, 6.07) is 17.6. The zero-order valence-electron chi connectivity index (χ0n) is 16.0. The molecule has 0 atom stereocenters. The van der Waals surface area contributed by atoms with Gasteiger partial charge in [-0.05, 0) is 54.3 Å². The second-order valence-corrected chi connectivity index (χ2v) is 7.49. The number of benzene rings is 2. The second-order valence-electron chi connectivity index (χ2n) is 7.06. The van der Waals surface area contributed by atoms with E-state index in [-0.39, 0.29) is 0 Å². The fourth-order valence-corrected chi connectivity index (χ4v) is 3.53. The van der Waals surface area contributed by atoms with Gasteiger partial charge in [0, 0.05) is 18.0 Å². The molecule has 4 rings (SSSR count). The molecular weight excluding hydrogens is 384 g/mol. The van der Waals surface area contributed by atoms with Crippen LogP contribution in [0.25, 0.3) is 11.6 Å². The zero-order valence-corrected chi connectivity index (χ0v) is 16.8. The summed E-state index contributed by atoms with van der Waals surface area (Å²) in [7, 11) is 0. The van der Waals surface area contributed by atoms with Gasteiger partial charge in [0.25, 0.3) is 0 Å². The molecule has 1 aliphatic rings. The predicted molar refractivity (Wildman–Crippen MR) is 113 cm³/mol. The number of allylic oxidation sites excluding steroid dienone is 1. The Kier molecular flexibility index (Phi) is 5.92. The number of fused-ring (bicyclic) bond motifs is 1. The van der Waals surface area contributed by atoms with Crippen LogP contribution in [0.15, 0.2) is 48.5 Å². The van der Waals surface area contributed by atoms with Crippen molar-refractivity contribution in [2.24, 2.45) is 0 Å². The third-order valence-corrected chi connectivity index (χ3v) is 5.23. The van der Waals surface area contributed by atoms with Crippen molar-refractivity contribution in [3.63, 3.8) is 0 Å². The molecule has 6 heteroatoms. The molecule has 3 aromatic rings. The van der Waals surface area contributed by atoms with Gasteiger partial charge in [-0.15, -0.1) is 10.2 Å². The van der Waals surface area contributed by atoms with Crippen molar-refractivity contribution in [2.45, 2.75) is 38.8 Å². The molecule has 0 radical (unpaired) electrons. The van der Waals surface area contributed by atoms with Crippen molar-refractivity contribution in [3.05, 3.63) is 76.3 Å². The number of aryl methyl sites for hydroxylation is 1. The molecule has 1 aliphatic heterocycles. The molecule has 0 spiro atoms. The van der Waals surface area contributed by atoms with Crippen LogP contribution in [0, 0.1) is 11.3 Å². The minimum absolute atomic E-state index is 0.474. The molecule has 29 heavy (non-hydrogen) atoms. The Hall–Kier alpha value is -3.10. The lowest BCUT2D eigenvalue weighted by atomic mass is 10.1. The molecule has 0 bridgehead atoms. The van der Waals surface area contributed by atoms with Gasteiger partial charge in [-0.2, -0.15) is 5.26 Å². The number of hydrogen-bond acceptors (Lipinski definition) is 4. The Labute approximate surface area is 175 Å². The number of aromatic nitrogens is 3. The summed E-state index contributed by atoms with van der Waals surface area (Å²) >= 11 is 5.90. The first kappa shape index (κ1) is 19.2. The van der Waals surface area contributed by atoms with Crippen LogP contribution in [-0.4, -0.2) is 14.8 Å². The molecule has 0 fully saturated rings. The van der Waals surface area contributed by atoms with Crippen LogP contribution in [0.4, 0.5) is 0 Å². The minimum Gasteiger partial charge on any atom is -0.489 e. The molecule has 0 aliphatic carbocycles. The SMILES string of the molecule is N#C/C(=C\c1ccc(OCc2ccc(Cl)cc2)cc1)c1nnc2n1CCCCC2. The first-order chi connectivity index (χ1) is 14.2. The Balaban J connectivity index is 1.48. The summed E-state index contributed by atoms with van der Waals surface area (Å²) in [5.74, 6) is 2.41. The molecule has 2 aromatic carbocycles. The summed E-state index contributed by atoms with van der Waals surface area (Å²) in [6.45, 7) is 1.34. The Morgan fingerprint density at radius 3 is 2.62 bits per heavy atom. The van der Waals surface area contributed by atoms with Crippen LogP contribution in [0.3, 0.4) is 0 Å². The number of nitriles is 1. The molecule has 5 nitrogen and oxygen atoms in total. The summed E-state index contributed by atoms with van der Waals surface area (Å²) in [6.07, 6.45) is 6.18. The van der Waals surface area contributed by atoms with Gasteiger partial charge in [-0.1, -0.05) is 42.3 Å². The van der Waals surface area contributed by atoms with Gasteiger partial charge in [0.1, 0.15) is 24.3 Å². The second kappa shape index (κ2) is 8.93. The van der Waals surface area contributed by atoms with E-state index >= 15 is 0 Å². The maximum atomic E-state index is 9.68. The molecule has 0 N–H and O–H groups in total. The van der Waals surface area contributed by atoms with E-state index in [0.717, 1.165) is 48.5 Å². The smallest absolute Gasteiger partial charge is 0.174 e. The van der Waals surface area contributed by atoms with Crippen molar-refractivity contribution < 1.29 is 4.74 Å². The molecule has 1 aromatic heterocycles. The third-order valence-electron chi connectivity index (χ3n) is 4.98. The summed E-state index contributed by atoms with van der Waals surface area (Å²) in [5, 5.41) is 19.0. The maximum Gasteiger partial charge on any atom is 0.174 e. The number of nitrogens with zero attached hydrogens (tertiary/aromatic N) is 4. The normalized spacial score (nSPS) is 14.0. The highest BCUT2D eigenvalue weighted by atomic mass is 35.5. The van der Waals surface area contributed by atoms with Gasteiger partial charge in [0.05, 0.1) is 5.57 Å².